The predicted molar refractivity (Wildman–Crippen MR) is 106 cm³/mol. The maximum absolute atomic E-state index is 11.3. The summed E-state index contributed by atoms with van der Waals surface area (Å²) >= 11 is 1.73. The molecular weight excluding hydrogens is 344 g/mol. The van der Waals surface area contributed by atoms with E-state index in [1.165, 1.54) is 10.3 Å². The number of benzene rings is 2. The van der Waals surface area contributed by atoms with Crippen molar-refractivity contribution in [1.82, 2.24) is 4.98 Å². The summed E-state index contributed by atoms with van der Waals surface area (Å²) in [4.78, 5) is 18.2. The molecule has 2 heterocycles. The second-order valence-electron chi connectivity index (χ2n) is 6.99. The van der Waals surface area contributed by atoms with Crippen LogP contribution in [0.25, 0.3) is 10.2 Å². The second kappa shape index (κ2) is 7.08. The second-order valence-corrected chi connectivity index (χ2v) is 7.99. The van der Waals surface area contributed by atoms with Crippen LogP contribution in [0.15, 0.2) is 48.5 Å². The third kappa shape index (κ3) is 3.58. The fraction of sp³-hybridized carbons (Fsp3) is 0.333. The number of rotatable bonds is 6. The van der Waals surface area contributed by atoms with Gasteiger partial charge in [0.1, 0.15) is 17.6 Å². The summed E-state index contributed by atoms with van der Waals surface area (Å²) < 4.78 is 7.28. The molecule has 5 heteroatoms. The number of hydrogen-bond donors (Lipinski definition) is 0. The molecule has 4 nitrogen and oxygen atoms in total. The zero-order valence-corrected chi connectivity index (χ0v) is 15.8. The molecule has 26 heavy (non-hydrogen) atoms. The number of aromatic nitrogens is 1. The van der Waals surface area contributed by atoms with E-state index in [1.54, 1.807) is 18.3 Å². The minimum atomic E-state index is 0.197. The summed E-state index contributed by atoms with van der Waals surface area (Å²) in [6, 6.07) is 16.4. The largest absolute Gasteiger partial charge is 0.487 e. The van der Waals surface area contributed by atoms with Crippen LogP contribution in [0.3, 0.4) is 0 Å². The number of ketones is 1. The van der Waals surface area contributed by atoms with E-state index >= 15 is 0 Å². The average molecular weight is 366 g/mol. The molecule has 4 rings (SSSR count). The van der Waals surface area contributed by atoms with Crippen molar-refractivity contribution in [3.63, 3.8) is 0 Å². The van der Waals surface area contributed by atoms with Crippen molar-refractivity contribution in [3.8, 4) is 5.75 Å². The van der Waals surface area contributed by atoms with Crippen molar-refractivity contribution in [2.24, 2.45) is 0 Å². The van der Waals surface area contributed by atoms with E-state index in [1.807, 2.05) is 24.3 Å². The van der Waals surface area contributed by atoms with Crippen LogP contribution in [-0.2, 0) is 4.79 Å². The number of Topliss-reactive ketones (excluding diaryl/α,β-unsaturated/α-hetero) is 1. The first-order chi connectivity index (χ1) is 12.6. The number of nitrogens with zero attached hydrogens (tertiary/aromatic N) is 2. The molecule has 1 aliphatic heterocycles. The van der Waals surface area contributed by atoms with Gasteiger partial charge in [-0.3, -0.25) is 0 Å². The Morgan fingerprint density at radius 1 is 1.23 bits per heavy atom. The number of ether oxygens (including phenoxy) is 1. The third-order valence-corrected chi connectivity index (χ3v) is 5.84. The van der Waals surface area contributed by atoms with Gasteiger partial charge in [0.05, 0.1) is 23.3 Å². The molecule has 0 aliphatic carbocycles. The molecule has 0 bridgehead atoms. The van der Waals surface area contributed by atoms with Gasteiger partial charge in [0.25, 0.3) is 0 Å². The molecule has 0 N–H and O–H groups in total. The molecule has 134 valence electrons. The average Bonchev–Trinajstić information content (AvgIpc) is 3.01. The van der Waals surface area contributed by atoms with Crippen LogP contribution in [0.2, 0.25) is 0 Å². The zero-order valence-electron chi connectivity index (χ0n) is 15.0. The highest BCUT2D eigenvalue weighted by atomic mass is 32.1. The van der Waals surface area contributed by atoms with Crippen molar-refractivity contribution in [1.29, 1.82) is 0 Å². The molecular formula is C21H22N2O2S. The number of thiazole rings is 1. The lowest BCUT2D eigenvalue weighted by atomic mass is 9.96. The van der Waals surface area contributed by atoms with E-state index in [-0.39, 0.29) is 17.8 Å². The topological polar surface area (TPSA) is 42.4 Å². The standard InChI is InChI=1S/C21H22N2O2S/c1-14(11-15(2)24)16-7-9-17(10-8-16)25-18-12-23(13-18)21-22-19-5-3-4-6-20(19)26-21/h3-10,14,18H,11-13H2,1-2H3/t14-/m1/s1. The first kappa shape index (κ1) is 17.0. The van der Waals surface area contributed by atoms with Crippen LogP contribution >= 0.6 is 11.3 Å². The molecule has 1 fully saturated rings. The van der Waals surface area contributed by atoms with Gasteiger partial charge in [0.15, 0.2) is 5.13 Å². The van der Waals surface area contributed by atoms with E-state index in [4.69, 9.17) is 9.72 Å². The van der Waals surface area contributed by atoms with E-state index in [9.17, 15) is 4.79 Å². The Balaban J connectivity index is 1.33. The number of carbonyl (C=O) groups excluding carboxylic acids is 1. The summed E-state index contributed by atoms with van der Waals surface area (Å²) in [5, 5.41) is 1.07. The van der Waals surface area contributed by atoms with Gasteiger partial charge in [-0.05, 0) is 42.7 Å². The molecule has 1 saturated heterocycles. The Labute approximate surface area is 157 Å². The monoisotopic (exact) mass is 366 g/mol. The lowest BCUT2D eigenvalue weighted by Crippen LogP contribution is -2.54. The molecule has 0 radical (unpaired) electrons. The van der Waals surface area contributed by atoms with Gasteiger partial charge in [-0.2, -0.15) is 0 Å². The van der Waals surface area contributed by atoms with Gasteiger partial charge >= 0.3 is 0 Å². The van der Waals surface area contributed by atoms with E-state index < -0.39 is 0 Å². The molecule has 1 aromatic heterocycles. The third-order valence-electron chi connectivity index (χ3n) is 4.75. The molecule has 2 aromatic carbocycles. The first-order valence-corrected chi connectivity index (χ1v) is 9.77. The van der Waals surface area contributed by atoms with Gasteiger partial charge < -0.3 is 14.4 Å². The van der Waals surface area contributed by atoms with Crippen molar-refractivity contribution in [2.75, 3.05) is 18.0 Å². The summed E-state index contributed by atoms with van der Waals surface area (Å²) in [6.07, 6.45) is 0.780. The Bertz CT molecular complexity index is 880. The summed E-state index contributed by atoms with van der Waals surface area (Å²) in [7, 11) is 0. The molecule has 1 aliphatic rings. The number of anilines is 1. The molecule has 0 unspecified atom stereocenters. The van der Waals surface area contributed by atoms with Crippen molar-refractivity contribution >= 4 is 32.5 Å². The fourth-order valence-electron chi connectivity index (χ4n) is 3.28. The van der Waals surface area contributed by atoms with Crippen molar-refractivity contribution in [2.45, 2.75) is 32.3 Å². The Kier molecular flexibility index (Phi) is 4.64. The minimum absolute atomic E-state index is 0.197. The predicted octanol–water partition coefficient (Wildman–Crippen LogP) is 4.65. The van der Waals surface area contributed by atoms with Gasteiger partial charge in [0, 0.05) is 6.42 Å². The lowest BCUT2D eigenvalue weighted by molar-refractivity contribution is -0.117. The maximum atomic E-state index is 11.3. The molecule has 1 atom stereocenters. The molecule has 3 aromatic rings. The summed E-state index contributed by atoms with van der Waals surface area (Å²) in [6.45, 7) is 5.45. The van der Waals surface area contributed by atoms with E-state index in [0.717, 1.165) is 29.5 Å². The smallest absolute Gasteiger partial charge is 0.186 e. The normalized spacial score (nSPS) is 15.7. The van der Waals surface area contributed by atoms with Crippen LogP contribution < -0.4 is 9.64 Å². The quantitative estimate of drug-likeness (QED) is 0.637. The number of fused-ring (bicyclic) bond motifs is 1. The zero-order chi connectivity index (χ0) is 18.1. The van der Waals surface area contributed by atoms with Gasteiger partial charge in [0.2, 0.25) is 0 Å². The molecule has 0 amide bonds. The fourth-order valence-corrected chi connectivity index (χ4v) is 4.26. The first-order valence-electron chi connectivity index (χ1n) is 8.95. The highest BCUT2D eigenvalue weighted by Crippen LogP contribution is 2.32. The summed E-state index contributed by atoms with van der Waals surface area (Å²) in [5.74, 6) is 1.36. The van der Waals surface area contributed by atoms with Gasteiger partial charge in [-0.25, -0.2) is 4.98 Å². The Morgan fingerprint density at radius 3 is 2.65 bits per heavy atom. The van der Waals surface area contributed by atoms with Crippen LogP contribution in [0.1, 0.15) is 31.7 Å². The van der Waals surface area contributed by atoms with Crippen LogP contribution in [0.4, 0.5) is 5.13 Å². The van der Waals surface area contributed by atoms with Gasteiger partial charge in [-0.15, -0.1) is 0 Å². The Morgan fingerprint density at radius 2 is 1.96 bits per heavy atom. The lowest BCUT2D eigenvalue weighted by Gasteiger charge is -2.38. The van der Waals surface area contributed by atoms with Crippen molar-refractivity contribution < 1.29 is 9.53 Å². The van der Waals surface area contributed by atoms with Crippen LogP contribution in [0, 0.1) is 0 Å². The SMILES string of the molecule is CC(=O)C[C@@H](C)c1ccc(OC2CN(c3nc4ccccc4s3)C2)cc1. The van der Waals surface area contributed by atoms with Crippen LogP contribution in [-0.4, -0.2) is 30.0 Å². The minimum Gasteiger partial charge on any atom is -0.487 e. The Hall–Kier alpha value is -2.40. The number of carbonyl (C=O) groups is 1. The molecule has 0 saturated carbocycles. The van der Waals surface area contributed by atoms with Gasteiger partial charge in [-0.1, -0.05) is 42.5 Å². The highest BCUT2D eigenvalue weighted by Gasteiger charge is 2.30. The van der Waals surface area contributed by atoms with E-state index in [0.29, 0.717) is 6.42 Å². The summed E-state index contributed by atoms with van der Waals surface area (Å²) in [5.41, 5.74) is 2.24. The highest BCUT2D eigenvalue weighted by molar-refractivity contribution is 7.22. The van der Waals surface area contributed by atoms with Crippen molar-refractivity contribution in [3.05, 3.63) is 54.1 Å². The van der Waals surface area contributed by atoms with E-state index in [2.05, 4.69) is 36.1 Å². The number of hydrogen-bond acceptors (Lipinski definition) is 5. The molecule has 0 spiro atoms. The van der Waals surface area contributed by atoms with Crippen LogP contribution in [0.5, 0.6) is 5.75 Å². The number of para-hydroxylation sites is 1. The maximum Gasteiger partial charge on any atom is 0.186 e.